The van der Waals surface area contributed by atoms with Crippen LogP contribution in [0, 0.1) is 5.92 Å². The summed E-state index contributed by atoms with van der Waals surface area (Å²) in [6, 6.07) is 0.118. The van der Waals surface area contributed by atoms with Crippen molar-refractivity contribution in [3.05, 3.63) is 23.2 Å². The third kappa shape index (κ3) is 4.14. The standard InChI is InChI=1S/C14H19ClN4O2/c1-9(2)19-8-10(3-4-13(19)20)14(21)18-7-12-16-5-11(15)6-17-12/h5-6,9-10H,3-4,7-8H2,1-2H3,(H,18,21)/t10-/m1/s1. The highest BCUT2D eigenvalue weighted by atomic mass is 35.5. The molecule has 2 rings (SSSR count). The number of piperidine rings is 1. The molecule has 0 radical (unpaired) electrons. The van der Waals surface area contributed by atoms with Crippen LogP contribution in [0.5, 0.6) is 0 Å². The SMILES string of the molecule is CC(C)N1C[C@H](C(=O)NCc2ncc(Cl)cn2)CCC1=O. The Bertz CT molecular complexity index is 518. The van der Waals surface area contributed by atoms with Gasteiger partial charge in [0.15, 0.2) is 0 Å². The summed E-state index contributed by atoms with van der Waals surface area (Å²) in [4.78, 5) is 33.8. The van der Waals surface area contributed by atoms with E-state index < -0.39 is 0 Å². The molecule has 1 aromatic heterocycles. The highest BCUT2D eigenvalue weighted by molar-refractivity contribution is 6.30. The number of carbonyl (C=O) groups is 2. The van der Waals surface area contributed by atoms with Gasteiger partial charge in [-0.1, -0.05) is 11.6 Å². The molecule has 1 aliphatic rings. The van der Waals surface area contributed by atoms with E-state index in [1.54, 1.807) is 4.90 Å². The Labute approximate surface area is 128 Å². The molecule has 114 valence electrons. The van der Waals surface area contributed by atoms with Gasteiger partial charge in [0.2, 0.25) is 11.8 Å². The normalized spacial score (nSPS) is 19.0. The number of halogens is 1. The van der Waals surface area contributed by atoms with E-state index in [-0.39, 0.29) is 30.3 Å². The average molecular weight is 311 g/mol. The Kier molecular flexibility index (Phi) is 5.12. The van der Waals surface area contributed by atoms with Gasteiger partial charge >= 0.3 is 0 Å². The van der Waals surface area contributed by atoms with Gasteiger partial charge in [0.1, 0.15) is 5.82 Å². The highest BCUT2D eigenvalue weighted by Crippen LogP contribution is 2.19. The molecular formula is C14H19ClN4O2. The van der Waals surface area contributed by atoms with Gasteiger partial charge in [-0.3, -0.25) is 9.59 Å². The van der Waals surface area contributed by atoms with Crippen molar-refractivity contribution in [2.75, 3.05) is 6.54 Å². The van der Waals surface area contributed by atoms with E-state index in [1.165, 1.54) is 12.4 Å². The summed E-state index contributed by atoms with van der Waals surface area (Å²) in [7, 11) is 0. The predicted molar refractivity (Wildman–Crippen MR) is 78.5 cm³/mol. The summed E-state index contributed by atoms with van der Waals surface area (Å²) >= 11 is 5.71. The molecule has 2 heterocycles. The smallest absolute Gasteiger partial charge is 0.225 e. The summed E-state index contributed by atoms with van der Waals surface area (Å²) in [5.41, 5.74) is 0. The van der Waals surface area contributed by atoms with Crippen LogP contribution in [0.15, 0.2) is 12.4 Å². The summed E-state index contributed by atoms with van der Waals surface area (Å²) in [6.07, 6.45) is 4.01. The van der Waals surface area contributed by atoms with E-state index in [2.05, 4.69) is 15.3 Å². The number of amides is 2. The maximum Gasteiger partial charge on any atom is 0.225 e. The van der Waals surface area contributed by atoms with E-state index in [9.17, 15) is 9.59 Å². The molecule has 21 heavy (non-hydrogen) atoms. The number of hydrogen-bond acceptors (Lipinski definition) is 4. The quantitative estimate of drug-likeness (QED) is 0.912. The fourth-order valence-corrected chi connectivity index (χ4v) is 2.42. The van der Waals surface area contributed by atoms with Crippen LogP contribution >= 0.6 is 11.6 Å². The van der Waals surface area contributed by atoms with Crippen molar-refractivity contribution in [2.45, 2.75) is 39.3 Å². The molecule has 2 amide bonds. The van der Waals surface area contributed by atoms with Crippen molar-refractivity contribution >= 4 is 23.4 Å². The minimum atomic E-state index is -0.169. The zero-order valence-corrected chi connectivity index (χ0v) is 12.9. The number of carbonyl (C=O) groups excluding carboxylic acids is 2. The van der Waals surface area contributed by atoms with Crippen LogP contribution in [0.1, 0.15) is 32.5 Å². The molecule has 0 saturated carbocycles. The Balaban J connectivity index is 1.88. The van der Waals surface area contributed by atoms with Crippen molar-refractivity contribution in [3.8, 4) is 0 Å². The summed E-state index contributed by atoms with van der Waals surface area (Å²) in [6.45, 7) is 4.66. The Morgan fingerprint density at radius 3 is 2.76 bits per heavy atom. The predicted octanol–water partition coefficient (Wildman–Crippen LogP) is 1.39. The van der Waals surface area contributed by atoms with Gasteiger partial charge < -0.3 is 10.2 Å². The lowest BCUT2D eigenvalue weighted by Crippen LogP contribution is -2.48. The molecule has 1 atom stereocenters. The first-order valence-electron chi connectivity index (χ1n) is 7.01. The van der Waals surface area contributed by atoms with Gasteiger partial charge in [0.25, 0.3) is 0 Å². The van der Waals surface area contributed by atoms with Crippen LogP contribution in [0.4, 0.5) is 0 Å². The van der Waals surface area contributed by atoms with Gasteiger partial charge in [-0.05, 0) is 20.3 Å². The fraction of sp³-hybridized carbons (Fsp3) is 0.571. The Hall–Kier alpha value is -1.69. The minimum absolute atomic E-state index is 0.0632. The third-order valence-electron chi connectivity index (χ3n) is 3.53. The van der Waals surface area contributed by atoms with Crippen LogP contribution < -0.4 is 5.32 Å². The van der Waals surface area contributed by atoms with Gasteiger partial charge in [-0.15, -0.1) is 0 Å². The minimum Gasteiger partial charge on any atom is -0.349 e. The molecule has 1 N–H and O–H groups in total. The molecule has 0 unspecified atom stereocenters. The maximum atomic E-state index is 12.2. The Morgan fingerprint density at radius 1 is 1.48 bits per heavy atom. The van der Waals surface area contributed by atoms with Crippen LogP contribution in [0.3, 0.4) is 0 Å². The first-order valence-corrected chi connectivity index (χ1v) is 7.38. The second-order valence-electron chi connectivity index (χ2n) is 5.41. The second-order valence-corrected chi connectivity index (χ2v) is 5.85. The van der Waals surface area contributed by atoms with E-state index in [0.717, 1.165) is 0 Å². The average Bonchev–Trinajstić information content (AvgIpc) is 2.46. The zero-order valence-electron chi connectivity index (χ0n) is 12.2. The van der Waals surface area contributed by atoms with Crippen LogP contribution in [0.2, 0.25) is 5.02 Å². The van der Waals surface area contributed by atoms with Crippen molar-refractivity contribution in [2.24, 2.45) is 5.92 Å². The number of hydrogen-bond donors (Lipinski definition) is 1. The number of aromatic nitrogens is 2. The molecule has 0 aliphatic carbocycles. The van der Waals surface area contributed by atoms with Crippen molar-refractivity contribution in [1.29, 1.82) is 0 Å². The lowest BCUT2D eigenvalue weighted by molar-refractivity contribution is -0.140. The molecule has 7 heteroatoms. The number of likely N-dealkylation sites (tertiary alicyclic amines) is 1. The van der Waals surface area contributed by atoms with Crippen LogP contribution in [0.25, 0.3) is 0 Å². The number of rotatable bonds is 4. The topological polar surface area (TPSA) is 75.2 Å². The van der Waals surface area contributed by atoms with Crippen LogP contribution in [-0.4, -0.2) is 39.3 Å². The van der Waals surface area contributed by atoms with Crippen LogP contribution in [-0.2, 0) is 16.1 Å². The van der Waals surface area contributed by atoms with E-state index in [4.69, 9.17) is 11.6 Å². The molecule has 1 aromatic rings. The molecule has 1 saturated heterocycles. The maximum absolute atomic E-state index is 12.2. The molecule has 0 spiro atoms. The van der Waals surface area contributed by atoms with Gasteiger partial charge in [0, 0.05) is 31.4 Å². The van der Waals surface area contributed by atoms with E-state index in [0.29, 0.717) is 30.2 Å². The van der Waals surface area contributed by atoms with E-state index in [1.807, 2.05) is 13.8 Å². The number of nitrogens with zero attached hydrogens (tertiary/aromatic N) is 3. The monoisotopic (exact) mass is 310 g/mol. The fourth-order valence-electron chi connectivity index (χ4n) is 2.33. The van der Waals surface area contributed by atoms with Crippen molar-refractivity contribution in [3.63, 3.8) is 0 Å². The number of nitrogens with one attached hydrogen (secondary N) is 1. The van der Waals surface area contributed by atoms with Gasteiger partial charge in [-0.25, -0.2) is 9.97 Å². The zero-order chi connectivity index (χ0) is 15.4. The van der Waals surface area contributed by atoms with Gasteiger partial charge in [-0.2, -0.15) is 0 Å². The molecule has 6 nitrogen and oxygen atoms in total. The summed E-state index contributed by atoms with van der Waals surface area (Å²) in [5, 5.41) is 3.28. The highest BCUT2D eigenvalue weighted by Gasteiger charge is 2.31. The summed E-state index contributed by atoms with van der Waals surface area (Å²) in [5.74, 6) is 0.402. The van der Waals surface area contributed by atoms with E-state index >= 15 is 0 Å². The lowest BCUT2D eigenvalue weighted by atomic mass is 9.95. The first kappa shape index (κ1) is 15.7. The molecular weight excluding hydrogens is 292 g/mol. The Morgan fingerprint density at radius 2 is 2.14 bits per heavy atom. The summed E-state index contributed by atoms with van der Waals surface area (Å²) < 4.78 is 0. The van der Waals surface area contributed by atoms with Crippen molar-refractivity contribution < 1.29 is 9.59 Å². The molecule has 0 bridgehead atoms. The molecule has 1 fully saturated rings. The third-order valence-corrected chi connectivity index (χ3v) is 3.73. The van der Waals surface area contributed by atoms with Gasteiger partial charge in [0.05, 0.1) is 17.5 Å². The first-order chi connectivity index (χ1) is 9.97. The largest absolute Gasteiger partial charge is 0.349 e. The van der Waals surface area contributed by atoms with Crippen molar-refractivity contribution in [1.82, 2.24) is 20.2 Å². The molecule has 1 aliphatic heterocycles. The second kappa shape index (κ2) is 6.85. The molecule has 0 aromatic carbocycles. The lowest BCUT2D eigenvalue weighted by Gasteiger charge is -2.34.